The Balaban J connectivity index is 1.90. The average Bonchev–Trinajstić information content (AvgIpc) is 2.86. The van der Waals surface area contributed by atoms with E-state index in [-0.39, 0.29) is 6.10 Å². The Morgan fingerprint density at radius 3 is 2.79 bits per heavy atom. The first-order valence-electron chi connectivity index (χ1n) is 7.21. The Morgan fingerprint density at radius 2 is 2.16 bits per heavy atom. The minimum Gasteiger partial charge on any atom is -0.390 e. The highest BCUT2D eigenvalue weighted by atomic mass is 32.1. The number of aliphatic hydroxyl groups is 1. The van der Waals surface area contributed by atoms with Gasteiger partial charge in [0.1, 0.15) is 0 Å². The Kier molecular flexibility index (Phi) is 5.39. The Morgan fingerprint density at radius 1 is 1.42 bits per heavy atom. The van der Waals surface area contributed by atoms with Gasteiger partial charge < -0.3 is 9.84 Å². The van der Waals surface area contributed by atoms with E-state index in [0.717, 1.165) is 26.1 Å². The molecule has 0 amide bonds. The van der Waals surface area contributed by atoms with Crippen molar-refractivity contribution in [1.29, 1.82) is 0 Å². The van der Waals surface area contributed by atoms with Crippen molar-refractivity contribution in [2.75, 3.05) is 19.7 Å². The molecule has 3 nitrogen and oxygen atoms in total. The number of hydrogen-bond donors (Lipinski definition) is 1. The van der Waals surface area contributed by atoms with Crippen molar-refractivity contribution >= 4 is 11.3 Å². The largest absolute Gasteiger partial charge is 0.390 e. The number of ether oxygens (including phenoxy) is 1. The molecule has 1 aromatic heterocycles. The molecule has 0 bridgehead atoms. The number of morpholine rings is 1. The van der Waals surface area contributed by atoms with E-state index in [2.05, 4.69) is 37.8 Å². The predicted octanol–water partition coefficient (Wildman–Crippen LogP) is 2.32. The lowest BCUT2D eigenvalue weighted by molar-refractivity contribution is -0.0938. The van der Waals surface area contributed by atoms with E-state index >= 15 is 0 Å². The molecule has 1 aromatic rings. The van der Waals surface area contributed by atoms with E-state index in [1.54, 1.807) is 11.3 Å². The molecule has 1 N–H and O–H groups in total. The number of rotatable bonds is 5. The number of nitrogens with zero attached hydrogens (tertiary/aromatic N) is 1. The van der Waals surface area contributed by atoms with Gasteiger partial charge in [-0.2, -0.15) is 0 Å². The molecule has 0 aromatic carbocycles. The van der Waals surface area contributed by atoms with Crippen LogP contribution < -0.4 is 0 Å². The van der Waals surface area contributed by atoms with E-state index in [4.69, 9.17) is 4.74 Å². The molecule has 1 saturated heterocycles. The Hall–Kier alpha value is -0.420. The highest BCUT2D eigenvalue weighted by Gasteiger charge is 2.28. The molecule has 0 spiro atoms. The zero-order valence-electron chi connectivity index (χ0n) is 12.1. The van der Waals surface area contributed by atoms with Gasteiger partial charge in [-0.25, -0.2) is 0 Å². The fraction of sp³-hybridized carbons (Fsp3) is 0.733. The Bertz CT molecular complexity index is 391. The van der Waals surface area contributed by atoms with Crippen LogP contribution in [-0.4, -0.2) is 48.0 Å². The highest BCUT2D eigenvalue weighted by molar-refractivity contribution is 7.11. The standard InChI is InChI=1S/C15H25NO2S/c1-4-12-5-6-13(19-12)9-14(17)15-10-16(11(2)3)7-8-18-15/h5-6,11,14-15,17H,4,7-10H2,1-3H3. The molecule has 1 fully saturated rings. The van der Waals surface area contributed by atoms with Gasteiger partial charge in [-0.1, -0.05) is 6.92 Å². The van der Waals surface area contributed by atoms with Crippen molar-refractivity contribution in [2.24, 2.45) is 0 Å². The molecular formula is C15H25NO2S. The second-order valence-corrected chi connectivity index (χ2v) is 6.74. The molecule has 2 atom stereocenters. The van der Waals surface area contributed by atoms with Crippen LogP contribution in [0.3, 0.4) is 0 Å². The van der Waals surface area contributed by atoms with Crippen LogP contribution in [0.1, 0.15) is 30.5 Å². The summed E-state index contributed by atoms with van der Waals surface area (Å²) in [4.78, 5) is 5.02. The number of aryl methyl sites for hydroxylation is 1. The lowest BCUT2D eigenvalue weighted by Crippen LogP contribution is -2.50. The monoisotopic (exact) mass is 283 g/mol. The minimum atomic E-state index is -0.398. The summed E-state index contributed by atoms with van der Waals surface area (Å²) in [5.74, 6) is 0. The van der Waals surface area contributed by atoms with Crippen LogP contribution >= 0.6 is 11.3 Å². The van der Waals surface area contributed by atoms with Crippen LogP contribution in [0.4, 0.5) is 0 Å². The predicted molar refractivity (Wildman–Crippen MR) is 79.9 cm³/mol. The summed E-state index contributed by atoms with van der Waals surface area (Å²) in [6, 6.07) is 4.82. The SMILES string of the molecule is CCc1ccc(CC(O)C2CN(C(C)C)CCO2)s1. The van der Waals surface area contributed by atoms with Crippen molar-refractivity contribution in [1.82, 2.24) is 4.90 Å². The van der Waals surface area contributed by atoms with Gasteiger partial charge in [-0.15, -0.1) is 11.3 Å². The highest BCUT2D eigenvalue weighted by Crippen LogP contribution is 2.21. The molecule has 2 heterocycles. The molecule has 19 heavy (non-hydrogen) atoms. The summed E-state index contributed by atoms with van der Waals surface area (Å²) in [6.07, 6.45) is 1.33. The minimum absolute atomic E-state index is 0.0525. The molecule has 4 heteroatoms. The van der Waals surface area contributed by atoms with Crippen molar-refractivity contribution in [3.8, 4) is 0 Å². The van der Waals surface area contributed by atoms with Crippen LogP contribution in [0.25, 0.3) is 0 Å². The number of aliphatic hydroxyl groups excluding tert-OH is 1. The fourth-order valence-corrected chi connectivity index (χ4v) is 3.47. The van der Waals surface area contributed by atoms with Gasteiger partial charge in [0, 0.05) is 35.3 Å². The second kappa shape index (κ2) is 6.84. The lowest BCUT2D eigenvalue weighted by Gasteiger charge is -2.37. The molecule has 1 aliphatic heterocycles. The normalized spacial score (nSPS) is 22.9. The quantitative estimate of drug-likeness (QED) is 0.900. The molecular weight excluding hydrogens is 258 g/mol. The van der Waals surface area contributed by atoms with Gasteiger partial charge in [0.05, 0.1) is 18.8 Å². The third kappa shape index (κ3) is 4.02. The van der Waals surface area contributed by atoms with Crippen LogP contribution in [-0.2, 0) is 17.6 Å². The third-order valence-corrected chi connectivity index (χ3v) is 5.01. The van der Waals surface area contributed by atoms with E-state index in [9.17, 15) is 5.11 Å². The smallest absolute Gasteiger partial charge is 0.0964 e. The molecule has 2 rings (SSSR count). The molecule has 1 aliphatic rings. The first kappa shape index (κ1) is 15.0. The van der Waals surface area contributed by atoms with Crippen molar-refractivity contribution in [2.45, 2.75) is 51.9 Å². The van der Waals surface area contributed by atoms with E-state index < -0.39 is 6.10 Å². The summed E-state index contributed by atoms with van der Waals surface area (Å²) >= 11 is 1.80. The number of hydrogen-bond acceptors (Lipinski definition) is 4. The number of thiophene rings is 1. The van der Waals surface area contributed by atoms with Gasteiger partial charge in [-0.3, -0.25) is 4.90 Å². The van der Waals surface area contributed by atoms with E-state index in [1.807, 2.05) is 0 Å². The maximum Gasteiger partial charge on any atom is 0.0964 e. The maximum atomic E-state index is 10.4. The van der Waals surface area contributed by atoms with Gasteiger partial charge >= 0.3 is 0 Å². The first-order valence-corrected chi connectivity index (χ1v) is 8.03. The Labute approximate surface area is 120 Å². The first-order chi connectivity index (χ1) is 9.10. The fourth-order valence-electron chi connectivity index (χ4n) is 2.46. The molecule has 0 aliphatic carbocycles. The van der Waals surface area contributed by atoms with Crippen LogP contribution in [0.2, 0.25) is 0 Å². The zero-order chi connectivity index (χ0) is 13.8. The average molecular weight is 283 g/mol. The third-order valence-electron chi connectivity index (χ3n) is 3.76. The van der Waals surface area contributed by atoms with Gasteiger partial charge in [0.2, 0.25) is 0 Å². The van der Waals surface area contributed by atoms with Crippen molar-refractivity contribution in [3.63, 3.8) is 0 Å². The summed E-state index contributed by atoms with van der Waals surface area (Å²) in [5.41, 5.74) is 0. The summed E-state index contributed by atoms with van der Waals surface area (Å²) in [6.45, 7) is 9.09. The summed E-state index contributed by atoms with van der Waals surface area (Å²) in [5, 5.41) is 10.4. The zero-order valence-corrected chi connectivity index (χ0v) is 12.9. The van der Waals surface area contributed by atoms with Gasteiger partial charge in [-0.05, 0) is 32.4 Å². The molecule has 108 valence electrons. The maximum absolute atomic E-state index is 10.4. The van der Waals surface area contributed by atoms with E-state index in [1.165, 1.54) is 9.75 Å². The van der Waals surface area contributed by atoms with E-state index in [0.29, 0.717) is 12.5 Å². The lowest BCUT2D eigenvalue weighted by atomic mass is 10.1. The van der Waals surface area contributed by atoms with Gasteiger partial charge in [0.25, 0.3) is 0 Å². The van der Waals surface area contributed by atoms with Crippen molar-refractivity contribution in [3.05, 3.63) is 21.9 Å². The molecule has 0 radical (unpaired) electrons. The van der Waals surface area contributed by atoms with Crippen molar-refractivity contribution < 1.29 is 9.84 Å². The summed E-state index contributed by atoms with van der Waals surface area (Å²) < 4.78 is 5.74. The van der Waals surface area contributed by atoms with Crippen LogP contribution in [0, 0.1) is 0 Å². The topological polar surface area (TPSA) is 32.7 Å². The van der Waals surface area contributed by atoms with Crippen LogP contribution in [0.5, 0.6) is 0 Å². The second-order valence-electron chi connectivity index (χ2n) is 5.49. The molecule has 2 unspecified atom stereocenters. The molecule has 0 saturated carbocycles. The van der Waals surface area contributed by atoms with Gasteiger partial charge in [0.15, 0.2) is 0 Å². The summed E-state index contributed by atoms with van der Waals surface area (Å²) in [7, 11) is 0. The van der Waals surface area contributed by atoms with Crippen LogP contribution in [0.15, 0.2) is 12.1 Å².